The topological polar surface area (TPSA) is 49.3 Å². The van der Waals surface area contributed by atoms with E-state index in [1.807, 2.05) is 36.1 Å². The Morgan fingerprint density at radius 2 is 2.00 bits per heavy atom. The van der Waals surface area contributed by atoms with Gasteiger partial charge in [0.25, 0.3) is 5.91 Å². The summed E-state index contributed by atoms with van der Waals surface area (Å²) in [5.41, 5.74) is 2.69. The molecule has 0 fully saturated rings. The molecule has 0 saturated carbocycles. The van der Waals surface area contributed by atoms with Crippen molar-refractivity contribution < 1.29 is 10.0 Å². The largest absolute Gasteiger partial charge is 0.289 e. The van der Waals surface area contributed by atoms with Crippen LogP contribution in [0.3, 0.4) is 0 Å². The molecule has 0 atom stereocenters. The van der Waals surface area contributed by atoms with Crippen molar-refractivity contribution in [3.05, 3.63) is 53.8 Å². The molecule has 1 radical (unpaired) electrons. The lowest BCUT2D eigenvalue weighted by Crippen LogP contribution is -2.20. The molecule has 2 aromatic rings. The lowest BCUT2D eigenvalue weighted by Gasteiger charge is -2.05. The number of nitrogens with one attached hydrogen (secondary N) is 1. The number of hydroxylamine groups is 1. The van der Waals surface area contributed by atoms with Crippen molar-refractivity contribution in [2.45, 2.75) is 0 Å². The van der Waals surface area contributed by atoms with Crippen LogP contribution in [0.15, 0.2) is 42.5 Å². The summed E-state index contributed by atoms with van der Waals surface area (Å²) in [7, 11) is 0. The van der Waals surface area contributed by atoms with E-state index in [4.69, 9.17) is 5.21 Å². The fourth-order valence-electron chi connectivity index (χ4n) is 1.59. The molecule has 2 rings (SSSR count). The van der Waals surface area contributed by atoms with Gasteiger partial charge in [-0.05, 0) is 16.3 Å². The summed E-state index contributed by atoms with van der Waals surface area (Å²) in [4.78, 5) is 10.9. The summed E-state index contributed by atoms with van der Waals surface area (Å²) in [5, 5.41) is 10.7. The van der Waals surface area contributed by atoms with Gasteiger partial charge < -0.3 is 0 Å². The zero-order chi connectivity index (χ0) is 12.1. The fraction of sp³-hybridized carbons (Fsp3) is 0.0769. The molecule has 0 aromatic heterocycles. The number of amides is 1. The molecule has 2 N–H and O–H groups in total. The Kier molecular flexibility index (Phi) is 4.01. The van der Waals surface area contributed by atoms with Crippen LogP contribution >= 0.6 is 11.8 Å². The van der Waals surface area contributed by atoms with Crippen molar-refractivity contribution in [3.8, 4) is 0 Å². The molecule has 4 heteroatoms. The number of hydrogen-bond acceptors (Lipinski definition) is 3. The molecule has 2 aromatic carbocycles. The molecule has 0 bridgehead atoms. The number of rotatable bonds is 4. The van der Waals surface area contributed by atoms with Gasteiger partial charge in [-0.3, -0.25) is 10.0 Å². The molecule has 0 aliphatic carbocycles. The van der Waals surface area contributed by atoms with Crippen LogP contribution in [0.1, 0.15) is 5.56 Å². The second-order valence-electron chi connectivity index (χ2n) is 3.53. The fourth-order valence-corrected chi connectivity index (χ4v) is 2.28. The van der Waals surface area contributed by atoms with E-state index in [1.165, 1.54) is 17.1 Å². The van der Waals surface area contributed by atoms with Gasteiger partial charge in [0.1, 0.15) is 0 Å². The molecule has 0 unspecified atom stereocenters. The van der Waals surface area contributed by atoms with Gasteiger partial charge in [-0.2, -0.15) is 0 Å². The number of fused-ring (bicyclic) bond motifs is 1. The second kappa shape index (κ2) is 5.70. The third-order valence-corrected chi connectivity index (χ3v) is 3.22. The van der Waals surface area contributed by atoms with Crippen LogP contribution in [0, 0.1) is 5.75 Å². The van der Waals surface area contributed by atoms with Crippen molar-refractivity contribution in [2.75, 3.05) is 5.75 Å². The number of carbonyl (C=O) groups is 1. The number of hydrogen-bond donors (Lipinski definition) is 2. The third kappa shape index (κ3) is 2.99. The zero-order valence-electron chi connectivity index (χ0n) is 9.09. The maximum absolute atomic E-state index is 10.9. The standard InChI is InChI=1S/C13H12NO2S/c15-13(14-16)9-17-8-11-6-3-5-10-4-1-2-7-12(10)11/h1-8,16H,9H2,(H,14,15). The average Bonchev–Trinajstić information content (AvgIpc) is 2.39. The van der Waals surface area contributed by atoms with E-state index in [1.54, 1.807) is 5.48 Å². The van der Waals surface area contributed by atoms with Crippen LogP contribution in [0.25, 0.3) is 10.8 Å². The van der Waals surface area contributed by atoms with Crippen LogP contribution in [0.2, 0.25) is 0 Å². The average molecular weight is 246 g/mol. The van der Waals surface area contributed by atoms with Crippen molar-refractivity contribution in [3.63, 3.8) is 0 Å². The Balaban J connectivity index is 2.11. The van der Waals surface area contributed by atoms with E-state index in [2.05, 4.69) is 12.1 Å². The smallest absolute Gasteiger partial charge is 0.253 e. The molecule has 17 heavy (non-hydrogen) atoms. The Labute approximate surface area is 104 Å². The lowest BCUT2D eigenvalue weighted by atomic mass is 10.1. The van der Waals surface area contributed by atoms with Gasteiger partial charge in [0.2, 0.25) is 0 Å². The van der Waals surface area contributed by atoms with Gasteiger partial charge in [-0.25, -0.2) is 5.48 Å². The number of thioether (sulfide) groups is 1. The predicted octanol–water partition coefficient (Wildman–Crippen LogP) is 2.59. The highest BCUT2D eigenvalue weighted by atomic mass is 32.2. The molecule has 0 spiro atoms. The van der Waals surface area contributed by atoms with E-state index in [0.717, 1.165) is 10.9 Å². The molecule has 0 saturated heterocycles. The van der Waals surface area contributed by atoms with Crippen molar-refractivity contribution in [2.24, 2.45) is 0 Å². The van der Waals surface area contributed by atoms with E-state index in [-0.39, 0.29) is 5.75 Å². The maximum Gasteiger partial charge on any atom is 0.253 e. The Morgan fingerprint density at radius 3 is 2.82 bits per heavy atom. The van der Waals surface area contributed by atoms with Gasteiger partial charge in [-0.1, -0.05) is 42.5 Å². The van der Waals surface area contributed by atoms with Gasteiger partial charge in [-0.15, -0.1) is 11.8 Å². The van der Waals surface area contributed by atoms with Gasteiger partial charge >= 0.3 is 0 Å². The van der Waals surface area contributed by atoms with Gasteiger partial charge in [0.15, 0.2) is 0 Å². The number of carbonyl (C=O) groups excluding carboxylic acids is 1. The minimum Gasteiger partial charge on any atom is -0.289 e. The Morgan fingerprint density at radius 1 is 1.24 bits per heavy atom. The molecule has 87 valence electrons. The summed E-state index contributed by atoms with van der Waals surface area (Å²) < 4.78 is 0. The molecule has 0 aliphatic rings. The van der Waals surface area contributed by atoms with Crippen molar-refractivity contribution in [1.29, 1.82) is 0 Å². The van der Waals surface area contributed by atoms with Gasteiger partial charge in [0, 0.05) is 5.75 Å². The maximum atomic E-state index is 10.9. The first-order chi connectivity index (χ1) is 8.31. The van der Waals surface area contributed by atoms with E-state index in [9.17, 15) is 4.79 Å². The molecular formula is C13H12NO2S. The van der Waals surface area contributed by atoms with E-state index >= 15 is 0 Å². The quantitative estimate of drug-likeness (QED) is 0.644. The predicted molar refractivity (Wildman–Crippen MR) is 69.7 cm³/mol. The zero-order valence-corrected chi connectivity index (χ0v) is 9.91. The second-order valence-corrected chi connectivity index (χ2v) is 4.39. The first-order valence-electron chi connectivity index (χ1n) is 5.17. The summed E-state index contributed by atoms with van der Waals surface area (Å²) >= 11 is 1.36. The SMILES string of the molecule is O=C(CS[CH]c1cccc2ccccc12)NO. The summed E-state index contributed by atoms with van der Waals surface area (Å²) in [6, 6.07) is 14.1. The molecule has 0 aliphatic heterocycles. The Hall–Kier alpha value is -1.52. The molecule has 0 heterocycles. The van der Waals surface area contributed by atoms with Crippen LogP contribution in [0.5, 0.6) is 0 Å². The van der Waals surface area contributed by atoms with Gasteiger partial charge in [0.05, 0.1) is 5.75 Å². The summed E-state index contributed by atoms with van der Waals surface area (Å²) in [6.07, 6.45) is 0. The molecule has 1 amide bonds. The highest BCUT2D eigenvalue weighted by Gasteiger charge is 2.03. The van der Waals surface area contributed by atoms with Crippen LogP contribution in [0.4, 0.5) is 0 Å². The van der Waals surface area contributed by atoms with E-state index < -0.39 is 5.91 Å². The first kappa shape index (κ1) is 12.0. The molecule has 3 nitrogen and oxygen atoms in total. The van der Waals surface area contributed by atoms with Crippen LogP contribution in [-0.4, -0.2) is 16.9 Å². The minimum atomic E-state index is -0.397. The van der Waals surface area contributed by atoms with Crippen LogP contribution in [-0.2, 0) is 4.79 Å². The highest BCUT2D eigenvalue weighted by molar-refractivity contribution is 8.02. The molecular weight excluding hydrogens is 234 g/mol. The highest BCUT2D eigenvalue weighted by Crippen LogP contribution is 2.23. The number of benzene rings is 2. The van der Waals surface area contributed by atoms with E-state index in [0.29, 0.717) is 0 Å². The van der Waals surface area contributed by atoms with Crippen LogP contribution < -0.4 is 5.48 Å². The first-order valence-corrected chi connectivity index (χ1v) is 6.21. The summed E-state index contributed by atoms with van der Waals surface area (Å²) in [6.45, 7) is 0. The Bertz CT molecular complexity index is 522. The van der Waals surface area contributed by atoms with Crippen molar-refractivity contribution in [1.82, 2.24) is 5.48 Å². The normalized spacial score (nSPS) is 10.4. The third-order valence-electron chi connectivity index (χ3n) is 2.37. The lowest BCUT2D eigenvalue weighted by molar-refractivity contribution is -0.126. The minimum absolute atomic E-state index is 0.208. The van der Waals surface area contributed by atoms with Crippen molar-refractivity contribution >= 4 is 28.4 Å². The monoisotopic (exact) mass is 246 g/mol. The summed E-state index contributed by atoms with van der Waals surface area (Å²) in [5.74, 6) is 1.74.